The molecule has 334 valence electrons. The highest BCUT2D eigenvalue weighted by Crippen LogP contribution is 2.40. The monoisotopic (exact) mass is 828 g/mol. The summed E-state index contributed by atoms with van der Waals surface area (Å²) in [5, 5.41) is 51.6. The number of aliphatic hydroxyl groups is 4. The smallest absolute Gasteiger partial charge is 0.311 e. The Morgan fingerprint density at radius 1 is 0.965 bits per heavy atom. The van der Waals surface area contributed by atoms with Gasteiger partial charge in [-0.1, -0.05) is 39.8 Å². The van der Waals surface area contributed by atoms with Gasteiger partial charge in [0.2, 0.25) is 6.79 Å². The Kier molecular flexibility index (Phi) is 15.2. The molecule has 3 rings (SSSR count). The molecule has 3 aliphatic rings. The van der Waals surface area contributed by atoms with Crippen molar-refractivity contribution in [3.63, 3.8) is 0 Å². The van der Waals surface area contributed by atoms with Gasteiger partial charge in [0, 0.05) is 50.3 Å². The minimum Gasteiger partial charge on any atom is -0.462 e. The summed E-state index contributed by atoms with van der Waals surface area (Å²) in [7, 11) is 1.82. The number of oxime groups is 1. The molecule has 0 aromatic carbocycles. The molecule has 0 spiro atoms. The van der Waals surface area contributed by atoms with E-state index in [0.717, 1.165) is 0 Å². The van der Waals surface area contributed by atoms with Crippen LogP contribution in [-0.4, -0.2) is 164 Å². The quantitative estimate of drug-likeness (QED) is 0.0915. The Balaban J connectivity index is 2.19. The predicted molar refractivity (Wildman–Crippen MR) is 211 cm³/mol. The summed E-state index contributed by atoms with van der Waals surface area (Å²) in [6.45, 7) is 9.16. The molecule has 3 saturated heterocycles. The summed E-state index contributed by atoms with van der Waals surface area (Å²) in [5.41, 5.74) is -2.83. The van der Waals surface area contributed by atoms with Gasteiger partial charge < -0.3 is 68.1 Å². The first-order valence-corrected chi connectivity index (χ1v) is 20.1. The number of ether oxygens (including phenoxy) is 8. The zero-order chi connectivity index (χ0) is 49.1. The Morgan fingerprint density at radius 2 is 1.65 bits per heavy atom. The fourth-order valence-corrected chi connectivity index (χ4v) is 8.75. The zero-order valence-electron chi connectivity index (χ0n) is 43.0. The predicted octanol–water partition coefficient (Wildman–Crippen LogP) is 3.09. The van der Waals surface area contributed by atoms with Gasteiger partial charge in [0.05, 0.1) is 76.1 Å². The molecule has 0 aromatic rings. The van der Waals surface area contributed by atoms with Gasteiger partial charge in [-0.15, -0.1) is 0 Å². The second-order valence-electron chi connectivity index (χ2n) is 17.0. The molecule has 0 bridgehead atoms. The van der Waals surface area contributed by atoms with Crippen LogP contribution in [0.15, 0.2) is 5.16 Å². The second kappa shape index (κ2) is 21.8. The average Bonchev–Trinajstić information content (AvgIpc) is 3.17. The molecule has 57 heavy (non-hydrogen) atoms. The third-order valence-electron chi connectivity index (χ3n) is 12.3. The van der Waals surface area contributed by atoms with E-state index in [1.165, 1.54) is 14.0 Å². The van der Waals surface area contributed by atoms with Crippen molar-refractivity contribution >= 4 is 11.7 Å². The lowest BCUT2D eigenvalue weighted by molar-refractivity contribution is -0.317. The molecule has 0 aromatic heterocycles. The van der Waals surface area contributed by atoms with Crippen LogP contribution in [-0.2, 0) is 47.5 Å². The Bertz CT molecular complexity index is 1530. The maximum Gasteiger partial charge on any atom is 0.311 e. The lowest BCUT2D eigenvalue weighted by Gasteiger charge is -2.49. The van der Waals surface area contributed by atoms with E-state index < -0.39 is 135 Å². The van der Waals surface area contributed by atoms with Crippen molar-refractivity contribution in [3.8, 4) is 0 Å². The zero-order valence-corrected chi connectivity index (χ0v) is 36.0. The minimum atomic E-state index is -3.44. The Morgan fingerprint density at radius 3 is 2.26 bits per heavy atom. The number of cyclic esters (lactones) is 1. The molecule has 3 heterocycles. The van der Waals surface area contributed by atoms with Crippen LogP contribution in [0.25, 0.3) is 0 Å². The van der Waals surface area contributed by atoms with Crippen LogP contribution < -0.4 is 0 Å². The number of likely N-dealkylation sites (N-methyl/N-ethyl adjacent to an activating group) is 1. The molecule has 0 unspecified atom stereocenters. The summed E-state index contributed by atoms with van der Waals surface area (Å²) >= 11 is 0. The van der Waals surface area contributed by atoms with E-state index in [9.17, 15) is 25.2 Å². The fourth-order valence-electron chi connectivity index (χ4n) is 8.75. The van der Waals surface area contributed by atoms with Crippen molar-refractivity contribution in [2.24, 2.45) is 34.7 Å². The lowest BCUT2D eigenvalue weighted by atomic mass is 9.74. The highest BCUT2D eigenvalue weighted by Gasteiger charge is 2.52. The van der Waals surface area contributed by atoms with Gasteiger partial charge in [-0.05, 0) is 68.0 Å². The van der Waals surface area contributed by atoms with Crippen LogP contribution in [0.3, 0.4) is 0 Å². The summed E-state index contributed by atoms with van der Waals surface area (Å²) in [5.74, 6) is -4.97. The number of hydrogen-bond donors (Lipinski definition) is 4. The topological polar surface area (TPSA) is 197 Å². The van der Waals surface area contributed by atoms with Crippen LogP contribution in [0.1, 0.15) is 105 Å². The van der Waals surface area contributed by atoms with Gasteiger partial charge in [0.25, 0.3) is 0 Å². The number of esters is 1. The van der Waals surface area contributed by atoms with Crippen LogP contribution in [0.4, 0.5) is 0 Å². The summed E-state index contributed by atoms with van der Waals surface area (Å²) in [4.78, 5) is 21.6. The molecule has 0 radical (unpaired) electrons. The molecule has 3 fully saturated rings. The Labute approximate surface area is 350 Å². The Hall–Kier alpha value is -1.54. The molecule has 16 heteroatoms. The number of methoxy groups -OCH3 is 2. The molecule has 3 aliphatic heterocycles. The van der Waals surface area contributed by atoms with Crippen LogP contribution in [0.2, 0.25) is 0 Å². The SMILES string of the molecule is [2H]C([2H])([2H])OC([2H])([2H])C([2H])([2H])OCO/N=C1\[C@H](C)C[C@@](C)(O)[C@H](O[C@@H]2O[C@H](C)C[C@H](N(C)C)[C@H]2O)[C@@H](C)[C@H](O[C@H]2C[C@@](C)(OC)[C@@H](O)[C@H](C)O2)[C@@H](C)C(=O)O[C@H](CC)[C@H](C)[C@H](O)[C@H]1C. The van der Waals surface area contributed by atoms with E-state index in [-0.39, 0.29) is 24.7 Å². The van der Waals surface area contributed by atoms with E-state index in [2.05, 4.69) is 9.89 Å². The van der Waals surface area contributed by atoms with E-state index >= 15 is 0 Å². The highest BCUT2D eigenvalue weighted by atomic mass is 16.7. The number of carbonyl (C=O) groups excluding carboxylic acids is 1. The van der Waals surface area contributed by atoms with E-state index in [1.54, 1.807) is 55.4 Å². The lowest BCUT2D eigenvalue weighted by Crippen LogP contribution is -2.60. The van der Waals surface area contributed by atoms with Crippen molar-refractivity contribution in [1.29, 1.82) is 0 Å². The summed E-state index contributed by atoms with van der Waals surface area (Å²) < 4.78 is 100. The third kappa shape index (κ3) is 12.5. The maximum absolute atomic E-state index is 14.4. The van der Waals surface area contributed by atoms with Crippen LogP contribution >= 0.6 is 0 Å². The molecular weight excluding hydrogens is 744 g/mol. The molecule has 0 amide bonds. The van der Waals surface area contributed by atoms with Crippen LogP contribution in [0, 0.1) is 29.6 Å². The van der Waals surface area contributed by atoms with E-state index in [0.29, 0.717) is 12.8 Å². The number of aliphatic hydroxyl groups excluding tert-OH is 3. The van der Waals surface area contributed by atoms with Gasteiger partial charge in [-0.2, -0.15) is 0 Å². The number of nitrogens with zero attached hydrogens (tertiary/aromatic N) is 2. The fraction of sp³-hybridized carbons (Fsp3) is 0.951. The van der Waals surface area contributed by atoms with Gasteiger partial charge in [0.1, 0.15) is 18.3 Å². The van der Waals surface area contributed by atoms with Gasteiger partial charge >= 0.3 is 5.97 Å². The number of carbonyl (C=O) groups is 1. The average molecular weight is 828 g/mol. The molecule has 18 atom stereocenters. The van der Waals surface area contributed by atoms with Gasteiger partial charge in [-0.3, -0.25) is 4.79 Å². The maximum atomic E-state index is 14.4. The first-order valence-electron chi connectivity index (χ1n) is 23.6. The van der Waals surface area contributed by atoms with Crippen molar-refractivity contribution in [3.05, 3.63) is 0 Å². The molecular formula is C41H76N2O14. The summed E-state index contributed by atoms with van der Waals surface area (Å²) in [6.07, 6.45) is -9.39. The molecule has 16 nitrogen and oxygen atoms in total. The highest BCUT2D eigenvalue weighted by molar-refractivity contribution is 5.88. The van der Waals surface area contributed by atoms with Crippen molar-refractivity contribution < 1.29 is 77.5 Å². The van der Waals surface area contributed by atoms with Crippen molar-refractivity contribution in [2.75, 3.05) is 48.2 Å². The molecule has 0 aliphatic carbocycles. The number of rotatable bonds is 13. The first-order chi connectivity index (χ1) is 29.2. The standard InChI is InChI=1S/C41H76N2O14/c1-15-30-24(4)33(44)25(5)32(42-52-21-51-17-16-49-13)22(2)19-40(9,48)37(57-39-34(45)29(43(11)12)18-23(3)53-39)26(6)35(27(7)38(47)55-30)56-31-20-41(10,50-14)36(46)28(8)54-31/h22-31,33-37,39,44-46,48H,15-21H2,1-14H3/b42-32+/t22-,23-,24+,25+,26+,27-,28+,29+,30-,31+,33+,34-,35+,36+,37-,39+,40-,41-/m1/s1/i13D3,16D2,17D2. The molecule has 0 saturated carbocycles. The van der Waals surface area contributed by atoms with E-state index in [4.69, 9.17) is 47.6 Å². The minimum absolute atomic E-state index is 0.0618. The second-order valence-corrected chi connectivity index (χ2v) is 17.0. The first kappa shape index (κ1) is 39.6. The summed E-state index contributed by atoms with van der Waals surface area (Å²) in [6, 6.07) is -0.391. The van der Waals surface area contributed by atoms with Crippen LogP contribution in [0.5, 0.6) is 0 Å². The number of hydrogen-bond acceptors (Lipinski definition) is 16. The van der Waals surface area contributed by atoms with Crippen molar-refractivity contribution in [2.45, 2.75) is 174 Å². The third-order valence-corrected chi connectivity index (χ3v) is 12.3. The van der Waals surface area contributed by atoms with E-state index in [1.807, 2.05) is 25.9 Å². The van der Waals surface area contributed by atoms with Gasteiger partial charge in [-0.25, -0.2) is 0 Å². The van der Waals surface area contributed by atoms with Gasteiger partial charge in [0.15, 0.2) is 12.6 Å². The molecule has 4 N–H and O–H groups in total. The largest absolute Gasteiger partial charge is 0.462 e. The van der Waals surface area contributed by atoms with Crippen molar-refractivity contribution in [1.82, 2.24) is 4.90 Å². The normalized spacial score (nSPS) is 47.6.